The van der Waals surface area contributed by atoms with Gasteiger partial charge in [0.1, 0.15) is 11.5 Å². The van der Waals surface area contributed by atoms with Crippen LogP contribution in [-0.2, 0) is 24.4 Å². The number of hydrogen-bond acceptors (Lipinski definition) is 9. The largest absolute Gasteiger partial charge is 0.496 e. The third-order valence-electron chi connectivity index (χ3n) is 6.33. The van der Waals surface area contributed by atoms with Gasteiger partial charge in [0.25, 0.3) is 0 Å². The molecule has 33 heavy (non-hydrogen) atoms. The number of nitrogens with zero attached hydrogens (tertiary/aromatic N) is 1. The number of ether oxygens (including phenoxy) is 2. The highest BCUT2D eigenvalue weighted by atomic mass is 32.2. The molecule has 9 nitrogen and oxygen atoms in total. The van der Waals surface area contributed by atoms with E-state index in [9.17, 15) is 16.8 Å². The molecule has 2 fully saturated rings. The molecule has 3 atom stereocenters. The van der Waals surface area contributed by atoms with Gasteiger partial charge < -0.3 is 19.2 Å². The molecule has 2 saturated heterocycles. The van der Waals surface area contributed by atoms with Crippen LogP contribution in [0.25, 0.3) is 0 Å². The molecule has 1 N–H and O–H groups in total. The molecule has 1 aromatic carbocycles. The number of sulfone groups is 2. The summed E-state index contributed by atoms with van der Waals surface area (Å²) >= 11 is 0. The first-order valence-electron chi connectivity index (χ1n) is 10.9. The van der Waals surface area contributed by atoms with Gasteiger partial charge in [0.2, 0.25) is 0 Å². The average Bonchev–Trinajstić information content (AvgIpc) is 3.42. The zero-order valence-electron chi connectivity index (χ0n) is 18.8. The lowest BCUT2D eigenvalue weighted by Gasteiger charge is -2.34. The summed E-state index contributed by atoms with van der Waals surface area (Å²) in [7, 11) is -5.88. The molecule has 0 spiro atoms. The first kappa shape index (κ1) is 24.2. The molecule has 0 amide bonds. The van der Waals surface area contributed by atoms with Crippen LogP contribution in [0.4, 0.5) is 0 Å². The number of nitrogens with one attached hydrogen (secondary N) is 1. The highest BCUT2D eigenvalue weighted by Crippen LogP contribution is 2.30. The second kappa shape index (κ2) is 9.75. The summed E-state index contributed by atoms with van der Waals surface area (Å²) in [6.45, 7) is 4.74. The lowest BCUT2D eigenvalue weighted by Crippen LogP contribution is -2.48. The number of hydrogen-bond donors (Lipinski definition) is 1. The first-order valence-corrected chi connectivity index (χ1v) is 14.3. The Bertz CT molecular complexity index is 1160. The summed E-state index contributed by atoms with van der Waals surface area (Å²) in [6, 6.07) is 7.42. The molecule has 0 aliphatic carbocycles. The number of benzene rings is 1. The lowest BCUT2D eigenvalue weighted by atomic mass is 10.1. The van der Waals surface area contributed by atoms with E-state index in [2.05, 4.69) is 10.2 Å². The Morgan fingerprint density at radius 1 is 1.21 bits per heavy atom. The molecule has 0 radical (unpaired) electrons. The molecule has 3 heterocycles. The van der Waals surface area contributed by atoms with E-state index in [4.69, 9.17) is 13.9 Å². The quantitative estimate of drug-likeness (QED) is 0.573. The molecule has 2 aliphatic heterocycles. The molecule has 2 aromatic rings. The van der Waals surface area contributed by atoms with Crippen LogP contribution in [-0.4, -0.2) is 84.5 Å². The second-order valence-electron chi connectivity index (χ2n) is 8.49. The van der Waals surface area contributed by atoms with E-state index in [0.717, 1.165) is 5.76 Å². The fraction of sp³-hybridized carbons (Fsp3) is 0.545. The van der Waals surface area contributed by atoms with Crippen LogP contribution < -0.4 is 10.1 Å². The van der Waals surface area contributed by atoms with E-state index in [1.54, 1.807) is 19.3 Å². The number of rotatable bonds is 8. The third-order valence-corrected chi connectivity index (χ3v) is 10.5. The first-order chi connectivity index (χ1) is 15.7. The van der Waals surface area contributed by atoms with Gasteiger partial charge in [-0.05, 0) is 42.8 Å². The van der Waals surface area contributed by atoms with Crippen LogP contribution in [0.5, 0.6) is 5.75 Å². The van der Waals surface area contributed by atoms with Gasteiger partial charge in [-0.2, -0.15) is 0 Å². The van der Waals surface area contributed by atoms with Gasteiger partial charge >= 0.3 is 0 Å². The molecule has 4 rings (SSSR count). The molecular weight excluding hydrogens is 468 g/mol. The predicted molar refractivity (Wildman–Crippen MR) is 123 cm³/mol. The molecule has 0 saturated carbocycles. The van der Waals surface area contributed by atoms with Gasteiger partial charge in [0.05, 0.1) is 54.3 Å². The van der Waals surface area contributed by atoms with Gasteiger partial charge in [-0.15, -0.1) is 0 Å². The van der Waals surface area contributed by atoms with Crippen molar-refractivity contribution < 1.29 is 30.7 Å². The summed E-state index contributed by atoms with van der Waals surface area (Å²) in [5.74, 6) is 0.700. The summed E-state index contributed by atoms with van der Waals surface area (Å²) in [5.41, 5.74) is 0.675. The zero-order valence-corrected chi connectivity index (χ0v) is 20.4. The molecular formula is C22H30N2O7S2. The van der Waals surface area contributed by atoms with Crippen molar-refractivity contribution in [3.8, 4) is 5.75 Å². The minimum Gasteiger partial charge on any atom is -0.496 e. The summed E-state index contributed by atoms with van der Waals surface area (Å²) in [6.07, 6.45) is 1.60. The maximum atomic E-state index is 13.5. The molecule has 1 unspecified atom stereocenters. The fourth-order valence-electron chi connectivity index (χ4n) is 4.56. The molecule has 2 aliphatic rings. The summed E-state index contributed by atoms with van der Waals surface area (Å²) in [5, 5.41) is 2.19. The van der Waals surface area contributed by atoms with E-state index in [1.165, 1.54) is 19.2 Å². The van der Waals surface area contributed by atoms with E-state index in [0.29, 0.717) is 44.2 Å². The maximum Gasteiger partial charge on any atom is 0.183 e. The third kappa shape index (κ3) is 5.27. The summed E-state index contributed by atoms with van der Waals surface area (Å²) in [4.78, 5) is 2.31. The SMILES string of the molecule is COc1ccc(S(=O)(=O)[C@H]2CS(=O)(=O)C[C@@H]2NCC(c2ccco2)N2CCOCC2)cc1C. The molecule has 1 aromatic heterocycles. The van der Waals surface area contributed by atoms with Crippen molar-refractivity contribution in [1.82, 2.24) is 10.2 Å². The standard InChI is InChI=1S/C22H30N2O7S2/c1-16-12-17(5-6-20(16)29-2)33(27,28)22-15-32(25,26)14-18(22)23-13-19(21-4-3-9-31-21)24-7-10-30-11-8-24/h3-6,9,12,18-19,22-23H,7-8,10-11,13-15H2,1-2H3/t18-,19?,22-/m0/s1. The second-order valence-corrected chi connectivity index (χ2v) is 12.8. The van der Waals surface area contributed by atoms with Crippen molar-refractivity contribution in [1.29, 1.82) is 0 Å². The smallest absolute Gasteiger partial charge is 0.183 e. The van der Waals surface area contributed by atoms with Crippen molar-refractivity contribution in [3.05, 3.63) is 47.9 Å². The lowest BCUT2D eigenvalue weighted by molar-refractivity contribution is 0.0113. The Balaban J connectivity index is 1.57. The van der Waals surface area contributed by atoms with Gasteiger partial charge in [0, 0.05) is 25.7 Å². The van der Waals surface area contributed by atoms with Crippen LogP contribution in [0.3, 0.4) is 0 Å². The molecule has 11 heteroatoms. The molecule has 182 valence electrons. The number of methoxy groups -OCH3 is 1. The van der Waals surface area contributed by atoms with Crippen LogP contribution in [0.15, 0.2) is 45.9 Å². The Morgan fingerprint density at radius 2 is 1.97 bits per heavy atom. The fourth-order valence-corrected chi connectivity index (χ4v) is 9.36. The highest BCUT2D eigenvalue weighted by molar-refractivity contribution is 7.96. The van der Waals surface area contributed by atoms with Gasteiger partial charge in [-0.1, -0.05) is 0 Å². The van der Waals surface area contributed by atoms with E-state index < -0.39 is 36.7 Å². The number of furan rings is 1. The van der Waals surface area contributed by atoms with Crippen molar-refractivity contribution in [2.45, 2.75) is 29.2 Å². The van der Waals surface area contributed by atoms with Gasteiger partial charge in [-0.3, -0.25) is 4.90 Å². The minimum atomic E-state index is -3.89. The summed E-state index contributed by atoms with van der Waals surface area (Å²) < 4.78 is 68.2. The predicted octanol–water partition coefficient (Wildman–Crippen LogP) is 1.20. The van der Waals surface area contributed by atoms with E-state index in [-0.39, 0.29) is 16.7 Å². The number of aryl methyl sites for hydroxylation is 1. The van der Waals surface area contributed by atoms with E-state index in [1.807, 2.05) is 12.1 Å². The average molecular weight is 499 g/mol. The highest BCUT2D eigenvalue weighted by Gasteiger charge is 2.46. The van der Waals surface area contributed by atoms with Crippen molar-refractivity contribution >= 4 is 19.7 Å². The zero-order chi connectivity index (χ0) is 23.6. The number of morpholine rings is 1. The van der Waals surface area contributed by atoms with E-state index >= 15 is 0 Å². The Kier molecular flexibility index (Phi) is 7.15. The van der Waals surface area contributed by atoms with Crippen LogP contribution >= 0.6 is 0 Å². The van der Waals surface area contributed by atoms with Crippen LogP contribution in [0.1, 0.15) is 17.4 Å². The van der Waals surface area contributed by atoms with Crippen LogP contribution in [0, 0.1) is 6.92 Å². The van der Waals surface area contributed by atoms with Crippen molar-refractivity contribution in [2.75, 3.05) is 51.5 Å². The maximum absolute atomic E-state index is 13.5. The normalized spacial score (nSPS) is 24.5. The molecule has 0 bridgehead atoms. The Labute approximate surface area is 194 Å². The van der Waals surface area contributed by atoms with Crippen molar-refractivity contribution in [2.24, 2.45) is 0 Å². The Hall–Kier alpha value is -1.92. The van der Waals surface area contributed by atoms with Gasteiger partial charge in [-0.25, -0.2) is 16.8 Å². The van der Waals surface area contributed by atoms with Gasteiger partial charge in [0.15, 0.2) is 19.7 Å². The van der Waals surface area contributed by atoms with Crippen LogP contribution in [0.2, 0.25) is 0 Å². The minimum absolute atomic E-state index is 0.102. The van der Waals surface area contributed by atoms with Crippen molar-refractivity contribution in [3.63, 3.8) is 0 Å². The Morgan fingerprint density at radius 3 is 2.61 bits per heavy atom. The topological polar surface area (TPSA) is 115 Å². The monoisotopic (exact) mass is 498 g/mol.